The zero-order valence-corrected chi connectivity index (χ0v) is 14.3. The molecule has 1 atom stereocenters. The number of halogens is 4. The number of rotatable bonds is 4. The highest BCUT2D eigenvalue weighted by atomic mass is 79.9. The largest absolute Gasteiger partial charge is 0.392 e. The van der Waals surface area contributed by atoms with Gasteiger partial charge in [0.2, 0.25) is 0 Å². The molecule has 0 radical (unpaired) electrons. The Hall–Kier alpha value is -0.250. The summed E-state index contributed by atoms with van der Waals surface area (Å²) in [6.45, 7) is 0. The summed E-state index contributed by atoms with van der Waals surface area (Å²) in [5.41, 5.74) is 1.65. The fourth-order valence-electron chi connectivity index (χ4n) is 1.98. The molecule has 0 amide bonds. The normalized spacial score (nSPS) is 12.4. The zero-order valence-electron chi connectivity index (χ0n) is 10.4. The van der Waals surface area contributed by atoms with Crippen LogP contribution in [0.3, 0.4) is 0 Å². The first-order chi connectivity index (χ1) is 9.47. The summed E-state index contributed by atoms with van der Waals surface area (Å²) in [6, 6.07) is 10.9. The molecular weight excluding hydrogens is 382 g/mol. The first-order valence-corrected chi connectivity index (χ1v) is 7.95. The Balaban J connectivity index is 2.11. The molecule has 0 aliphatic carbocycles. The van der Waals surface area contributed by atoms with Gasteiger partial charge in [-0.3, -0.25) is 0 Å². The maximum Gasteiger partial charge on any atom is 0.0622 e. The number of aliphatic hydroxyl groups is 1. The summed E-state index contributed by atoms with van der Waals surface area (Å²) in [5.74, 6) is 0. The second kappa shape index (κ2) is 7.15. The predicted octanol–water partition coefficient (Wildman–Crippen LogP) is 5.56. The van der Waals surface area contributed by atoms with Crippen LogP contribution in [0.2, 0.25) is 15.1 Å². The fraction of sp³-hybridized carbons (Fsp3) is 0.200. The summed E-state index contributed by atoms with van der Waals surface area (Å²) >= 11 is 21.7. The Labute approximate surface area is 141 Å². The predicted molar refractivity (Wildman–Crippen MR) is 89.0 cm³/mol. The molecule has 2 aromatic carbocycles. The average Bonchev–Trinajstić information content (AvgIpc) is 2.37. The molecule has 0 aliphatic heterocycles. The smallest absolute Gasteiger partial charge is 0.0622 e. The minimum absolute atomic E-state index is 0.394. The summed E-state index contributed by atoms with van der Waals surface area (Å²) in [5, 5.41) is 12.0. The lowest BCUT2D eigenvalue weighted by atomic mass is 10.0. The highest BCUT2D eigenvalue weighted by molar-refractivity contribution is 9.10. The van der Waals surface area contributed by atoms with E-state index in [9.17, 15) is 5.11 Å². The van der Waals surface area contributed by atoms with Crippen LogP contribution in [-0.2, 0) is 12.8 Å². The molecule has 0 heterocycles. The quantitative estimate of drug-likeness (QED) is 0.720. The van der Waals surface area contributed by atoms with Gasteiger partial charge < -0.3 is 5.11 Å². The van der Waals surface area contributed by atoms with E-state index in [1.54, 1.807) is 18.2 Å². The van der Waals surface area contributed by atoms with E-state index in [2.05, 4.69) is 15.9 Å². The summed E-state index contributed by atoms with van der Waals surface area (Å²) < 4.78 is 0.912. The third-order valence-corrected chi connectivity index (χ3v) is 4.53. The average molecular weight is 395 g/mol. The summed E-state index contributed by atoms with van der Waals surface area (Å²) in [6.07, 6.45) is 0.254. The number of hydrogen-bond donors (Lipinski definition) is 1. The molecule has 2 rings (SSSR count). The zero-order chi connectivity index (χ0) is 14.7. The Morgan fingerprint density at radius 3 is 2.20 bits per heavy atom. The van der Waals surface area contributed by atoms with Gasteiger partial charge in [-0.05, 0) is 35.4 Å². The Kier molecular flexibility index (Phi) is 5.76. The monoisotopic (exact) mass is 392 g/mol. The van der Waals surface area contributed by atoms with Crippen molar-refractivity contribution in [1.29, 1.82) is 0 Å². The molecule has 1 unspecified atom stereocenters. The molecule has 0 bridgehead atoms. The van der Waals surface area contributed by atoms with Gasteiger partial charge in [-0.1, -0.05) is 62.9 Å². The summed E-state index contributed by atoms with van der Waals surface area (Å²) in [7, 11) is 0. The minimum Gasteiger partial charge on any atom is -0.392 e. The topological polar surface area (TPSA) is 20.2 Å². The molecule has 0 aliphatic rings. The van der Waals surface area contributed by atoms with Crippen LogP contribution in [0.15, 0.2) is 40.9 Å². The molecule has 1 nitrogen and oxygen atoms in total. The second-order valence-electron chi connectivity index (χ2n) is 4.50. The van der Waals surface area contributed by atoms with Crippen LogP contribution in [0.5, 0.6) is 0 Å². The molecule has 1 N–H and O–H groups in total. The van der Waals surface area contributed by atoms with Crippen LogP contribution >= 0.6 is 50.7 Å². The van der Waals surface area contributed by atoms with Crippen molar-refractivity contribution in [3.8, 4) is 0 Å². The first-order valence-electron chi connectivity index (χ1n) is 6.02. The molecule has 0 saturated heterocycles. The Bertz CT molecular complexity index is 596. The van der Waals surface area contributed by atoms with Crippen molar-refractivity contribution in [1.82, 2.24) is 0 Å². The molecule has 0 aromatic heterocycles. The Morgan fingerprint density at radius 1 is 0.950 bits per heavy atom. The standard InChI is InChI=1S/C15H12BrCl3O/c16-10-5-4-9(15(19)7-10)6-11(20)8-12-13(17)2-1-3-14(12)18/h1-5,7,11,20H,6,8H2. The fourth-order valence-corrected chi connectivity index (χ4v) is 3.28. The van der Waals surface area contributed by atoms with Gasteiger partial charge in [0.1, 0.15) is 0 Å². The van der Waals surface area contributed by atoms with E-state index in [-0.39, 0.29) is 0 Å². The van der Waals surface area contributed by atoms with Gasteiger partial charge >= 0.3 is 0 Å². The van der Waals surface area contributed by atoms with Gasteiger partial charge in [0, 0.05) is 32.4 Å². The van der Waals surface area contributed by atoms with E-state index >= 15 is 0 Å². The van der Waals surface area contributed by atoms with Gasteiger partial charge in [0.05, 0.1) is 6.10 Å². The van der Waals surface area contributed by atoms with Crippen LogP contribution in [0.1, 0.15) is 11.1 Å². The van der Waals surface area contributed by atoms with Crippen molar-refractivity contribution in [3.05, 3.63) is 67.1 Å². The molecule has 2 aromatic rings. The van der Waals surface area contributed by atoms with Crippen molar-refractivity contribution in [3.63, 3.8) is 0 Å². The van der Waals surface area contributed by atoms with Gasteiger partial charge in [-0.15, -0.1) is 0 Å². The van der Waals surface area contributed by atoms with Gasteiger partial charge in [0.25, 0.3) is 0 Å². The van der Waals surface area contributed by atoms with Crippen LogP contribution in [-0.4, -0.2) is 11.2 Å². The molecule has 20 heavy (non-hydrogen) atoms. The lowest BCUT2D eigenvalue weighted by molar-refractivity contribution is 0.175. The van der Waals surface area contributed by atoms with E-state index < -0.39 is 6.10 Å². The van der Waals surface area contributed by atoms with E-state index in [0.29, 0.717) is 27.9 Å². The lowest BCUT2D eigenvalue weighted by Gasteiger charge is -2.14. The highest BCUT2D eigenvalue weighted by Gasteiger charge is 2.14. The van der Waals surface area contributed by atoms with E-state index in [1.165, 1.54) is 0 Å². The second-order valence-corrected chi connectivity index (χ2v) is 6.64. The van der Waals surface area contributed by atoms with Crippen LogP contribution in [0, 0.1) is 0 Å². The number of aliphatic hydroxyl groups excluding tert-OH is 1. The molecular formula is C15H12BrCl3O. The lowest BCUT2D eigenvalue weighted by Crippen LogP contribution is -2.14. The minimum atomic E-state index is -0.592. The van der Waals surface area contributed by atoms with Crippen molar-refractivity contribution in [2.24, 2.45) is 0 Å². The molecule has 0 fully saturated rings. The van der Waals surface area contributed by atoms with E-state index in [1.807, 2.05) is 18.2 Å². The maximum absolute atomic E-state index is 10.2. The maximum atomic E-state index is 10.2. The first kappa shape index (κ1) is 16.1. The van der Waals surface area contributed by atoms with Crippen LogP contribution in [0.4, 0.5) is 0 Å². The van der Waals surface area contributed by atoms with Crippen LogP contribution < -0.4 is 0 Å². The SMILES string of the molecule is OC(Cc1ccc(Br)cc1Cl)Cc1c(Cl)cccc1Cl. The van der Waals surface area contributed by atoms with Gasteiger partial charge in [0.15, 0.2) is 0 Å². The molecule has 106 valence electrons. The van der Waals surface area contributed by atoms with Crippen molar-refractivity contribution < 1.29 is 5.11 Å². The van der Waals surface area contributed by atoms with Crippen LogP contribution in [0.25, 0.3) is 0 Å². The van der Waals surface area contributed by atoms with Gasteiger partial charge in [-0.2, -0.15) is 0 Å². The van der Waals surface area contributed by atoms with E-state index in [0.717, 1.165) is 15.6 Å². The molecule has 5 heteroatoms. The van der Waals surface area contributed by atoms with Crippen molar-refractivity contribution >= 4 is 50.7 Å². The summed E-state index contributed by atoms with van der Waals surface area (Å²) in [4.78, 5) is 0. The highest BCUT2D eigenvalue weighted by Crippen LogP contribution is 2.27. The van der Waals surface area contributed by atoms with Crippen molar-refractivity contribution in [2.75, 3.05) is 0 Å². The third-order valence-electron chi connectivity index (χ3n) is 2.97. The number of benzene rings is 2. The Morgan fingerprint density at radius 2 is 1.60 bits per heavy atom. The molecule has 0 saturated carbocycles. The van der Waals surface area contributed by atoms with Crippen molar-refractivity contribution in [2.45, 2.75) is 18.9 Å². The van der Waals surface area contributed by atoms with E-state index in [4.69, 9.17) is 34.8 Å². The van der Waals surface area contributed by atoms with Gasteiger partial charge in [-0.25, -0.2) is 0 Å². The third kappa shape index (κ3) is 4.12. The molecule has 0 spiro atoms. The number of hydrogen-bond acceptors (Lipinski definition) is 1.